The lowest BCUT2D eigenvalue weighted by atomic mass is 10.0. The van der Waals surface area contributed by atoms with Gasteiger partial charge in [0, 0.05) is 24.3 Å². The summed E-state index contributed by atoms with van der Waals surface area (Å²) in [6.07, 6.45) is 0. The number of aromatic nitrogens is 3. The molecular formula is C11H15ClN4. The van der Waals surface area contributed by atoms with E-state index >= 15 is 0 Å². The van der Waals surface area contributed by atoms with Crippen LogP contribution >= 0.6 is 12.4 Å². The average molecular weight is 239 g/mol. The van der Waals surface area contributed by atoms with Gasteiger partial charge in [-0.05, 0) is 31.9 Å². The number of nitrogens with zero attached hydrogens (tertiary/aromatic N) is 3. The Labute approximate surface area is 100 Å². The number of nitrogens with one attached hydrogen (secondary N) is 1. The number of hydrogen-bond acceptors (Lipinski definition) is 3. The summed E-state index contributed by atoms with van der Waals surface area (Å²) >= 11 is 0. The Hall–Kier alpha value is -1.13. The Balaban J connectivity index is 0.000000963. The van der Waals surface area contributed by atoms with E-state index in [9.17, 15) is 0 Å². The first-order valence-electron chi connectivity index (χ1n) is 5.23. The summed E-state index contributed by atoms with van der Waals surface area (Å²) in [6, 6.07) is 0. The molecule has 0 bridgehead atoms. The summed E-state index contributed by atoms with van der Waals surface area (Å²) in [4.78, 5) is 0. The third-order valence-corrected chi connectivity index (χ3v) is 3.39. The zero-order valence-corrected chi connectivity index (χ0v) is 10.5. The van der Waals surface area contributed by atoms with E-state index in [-0.39, 0.29) is 12.4 Å². The van der Waals surface area contributed by atoms with E-state index in [2.05, 4.69) is 33.8 Å². The molecule has 3 rings (SSSR count). The van der Waals surface area contributed by atoms with Gasteiger partial charge in [-0.3, -0.25) is 4.40 Å². The fourth-order valence-corrected chi connectivity index (χ4v) is 2.44. The highest BCUT2D eigenvalue weighted by atomic mass is 35.5. The lowest BCUT2D eigenvalue weighted by molar-refractivity contribution is 0.763. The fourth-order valence-electron chi connectivity index (χ4n) is 2.44. The molecule has 0 amide bonds. The molecule has 0 atom stereocenters. The molecule has 5 heteroatoms. The third-order valence-electron chi connectivity index (χ3n) is 3.39. The van der Waals surface area contributed by atoms with Crippen molar-refractivity contribution in [3.05, 3.63) is 28.2 Å². The normalized spacial score (nSPS) is 13.9. The van der Waals surface area contributed by atoms with Crippen LogP contribution in [-0.4, -0.2) is 14.6 Å². The predicted octanol–water partition coefficient (Wildman–Crippen LogP) is 1.68. The monoisotopic (exact) mass is 238 g/mol. The van der Waals surface area contributed by atoms with Crippen molar-refractivity contribution < 1.29 is 0 Å². The van der Waals surface area contributed by atoms with Crippen molar-refractivity contribution in [2.24, 2.45) is 0 Å². The summed E-state index contributed by atoms with van der Waals surface area (Å²) in [5, 5.41) is 11.8. The van der Waals surface area contributed by atoms with E-state index < -0.39 is 0 Å². The van der Waals surface area contributed by atoms with Crippen molar-refractivity contribution in [2.75, 3.05) is 0 Å². The molecule has 1 aliphatic rings. The van der Waals surface area contributed by atoms with E-state index in [1.54, 1.807) is 0 Å². The van der Waals surface area contributed by atoms with Crippen molar-refractivity contribution in [2.45, 2.75) is 33.9 Å². The van der Waals surface area contributed by atoms with Gasteiger partial charge in [-0.1, -0.05) is 0 Å². The minimum absolute atomic E-state index is 0. The molecule has 0 unspecified atom stereocenters. The summed E-state index contributed by atoms with van der Waals surface area (Å²) < 4.78 is 2.15. The van der Waals surface area contributed by atoms with Crippen molar-refractivity contribution in [1.82, 2.24) is 19.9 Å². The molecule has 0 radical (unpaired) electrons. The van der Waals surface area contributed by atoms with Crippen LogP contribution < -0.4 is 5.32 Å². The molecule has 2 aromatic heterocycles. The summed E-state index contributed by atoms with van der Waals surface area (Å²) in [5.41, 5.74) is 6.38. The second kappa shape index (κ2) is 3.71. The highest BCUT2D eigenvalue weighted by Gasteiger charge is 2.21. The van der Waals surface area contributed by atoms with Gasteiger partial charge in [-0.15, -0.1) is 22.6 Å². The number of pyridine rings is 1. The topological polar surface area (TPSA) is 42.2 Å². The lowest BCUT2D eigenvalue weighted by Gasteiger charge is -2.10. The first-order valence-corrected chi connectivity index (χ1v) is 5.23. The predicted molar refractivity (Wildman–Crippen MR) is 65.0 cm³/mol. The molecule has 0 saturated heterocycles. The molecule has 1 N–H and O–H groups in total. The van der Waals surface area contributed by atoms with Crippen molar-refractivity contribution in [3.63, 3.8) is 0 Å². The lowest BCUT2D eigenvalue weighted by Crippen LogP contribution is -2.03. The van der Waals surface area contributed by atoms with Gasteiger partial charge in [0.15, 0.2) is 5.65 Å². The largest absolute Gasteiger partial charge is 0.308 e. The molecule has 0 fully saturated rings. The van der Waals surface area contributed by atoms with Crippen molar-refractivity contribution in [3.8, 4) is 0 Å². The first-order chi connectivity index (χ1) is 7.20. The van der Waals surface area contributed by atoms with Crippen LogP contribution in [0.25, 0.3) is 5.65 Å². The number of aryl methyl sites for hydroxylation is 2. The molecular weight excluding hydrogens is 224 g/mol. The Morgan fingerprint density at radius 2 is 1.75 bits per heavy atom. The van der Waals surface area contributed by atoms with Crippen molar-refractivity contribution >= 4 is 18.1 Å². The fraction of sp³-hybridized carbons (Fsp3) is 0.455. The Kier molecular flexibility index (Phi) is 2.64. The summed E-state index contributed by atoms with van der Waals surface area (Å²) in [7, 11) is 0. The number of fused-ring (bicyclic) bond motifs is 3. The molecule has 2 aromatic rings. The van der Waals surface area contributed by atoms with Crippen LogP contribution in [0.2, 0.25) is 0 Å². The highest BCUT2D eigenvalue weighted by molar-refractivity contribution is 5.85. The maximum Gasteiger partial charge on any atom is 0.165 e. The maximum atomic E-state index is 4.26. The minimum atomic E-state index is 0. The van der Waals surface area contributed by atoms with Gasteiger partial charge in [0.1, 0.15) is 5.82 Å². The second-order valence-electron chi connectivity index (χ2n) is 4.18. The minimum Gasteiger partial charge on any atom is -0.308 e. The van der Waals surface area contributed by atoms with Crippen molar-refractivity contribution in [1.29, 1.82) is 0 Å². The van der Waals surface area contributed by atoms with E-state index in [1.165, 1.54) is 22.4 Å². The van der Waals surface area contributed by atoms with Crippen LogP contribution in [0.4, 0.5) is 0 Å². The van der Waals surface area contributed by atoms with Gasteiger partial charge in [0.05, 0.1) is 0 Å². The average Bonchev–Trinajstić information content (AvgIpc) is 2.80. The molecule has 0 aromatic carbocycles. The van der Waals surface area contributed by atoms with Crippen LogP contribution in [0, 0.1) is 20.8 Å². The molecule has 1 aliphatic heterocycles. The highest BCUT2D eigenvalue weighted by Crippen LogP contribution is 2.26. The quantitative estimate of drug-likeness (QED) is 0.760. The van der Waals surface area contributed by atoms with E-state index in [0.29, 0.717) is 0 Å². The molecule has 3 heterocycles. The maximum absolute atomic E-state index is 4.26. The number of halogens is 1. The zero-order chi connectivity index (χ0) is 10.6. The third kappa shape index (κ3) is 1.26. The first kappa shape index (κ1) is 11.4. The number of rotatable bonds is 0. The smallest absolute Gasteiger partial charge is 0.165 e. The SMILES string of the molecule is Cc1c2c(c3nnc(C)n3c1C)CNC2.Cl. The Morgan fingerprint density at radius 1 is 1.06 bits per heavy atom. The Morgan fingerprint density at radius 3 is 2.50 bits per heavy atom. The molecule has 4 nitrogen and oxygen atoms in total. The van der Waals surface area contributed by atoms with Gasteiger partial charge in [0.25, 0.3) is 0 Å². The van der Waals surface area contributed by atoms with E-state index in [4.69, 9.17) is 0 Å². The van der Waals surface area contributed by atoms with E-state index in [0.717, 1.165) is 24.6 Å². The van der Waals surface area contributed by atoms with Gasteiger partial charge < -0.3 is 5.32 Å². The van der Waals surface area contributed by atoms with Gasteiger partial charge in [0.2, 0.25) is 0 Å². The second-order valence-corrected chi connectivity index (χ2v) is 4.18. The molecule has 0 spiro atoms. The molecule has 0 saturated carbocycles. The molecule has 86 valence electrons. The zero-order valence-electron chi connectivity index (χ0n) is 9.66. The van der Waals surface area contributed by atoms with Gasteiger partial charge in [-0.25, -0.2) is 0 Å². The Bertz CT molecular complexity index is 559. The van der Waals surface area contributed by atoms with Gasteiger partial charge >= 0.3 is 0 Å². The summed E-state index contributed by atoms with van der Waals surface area (Å²) in [6.45, 7) is 8.20. The summed E-state index contributed by atoms with van der Waals surface area (Å²) in [5.74, 6) is 0.973. The molecule has 0 aliphatic carbocycles. The van der Waals surface area contributed by atoms with Crippen LogP contribution in [0.3, 0.4) is 0 Å². The van der Waals surface area contributed by atoms with Crippen LogP contribution in [-0.2, 0) is 13.1 Å². The van der Waals surface area contributed by atoms with Crippen LogP contribution in [0.1, 0.15) is 28.2 Å². The standard InChI is InChI=1S/C11H14N4.ClH/c1-6-7(2)15-8(3)13-14-11(15)10-5-12-4-9(6)10;/h12H,4-5H2,1-3H3;1H. The van der Waals surface area contributed by atoms with E-state index in [1.807, 2.05) is 6.92 Å². The van der Waals surface area contributed by atoms with Gasteiger partial charge in [-0.2, -0.15) is 0 Å². The van der Waals surface area contributed by atoms with Crippen LogP contribution in [0.5, 0.6) is 0 Å². The number of hydrogen-bond donors (Lipinski definition) is 1. The van der Waals surface area contributed by atoms with Crippen LogP contribution in [0.15, 0.2) is 0 Å². The molecule has 16 heavy (non-hydrogen) atoms.